The second kappa shape index (κ2) is 10.0. The number of amides is 1. The van der Waals surface area contributed by atoms with E-state index in [1.807, 2.05) is 6.92 Å². The lowest BCUT2D eigenvalue weighted by atomic mass is 9.47. The molecule has 38 heavy (non-hydrogen) atoms. The zero-order valence-corrected chi connectivity index (χ0v) is 25.0. The first kappa shape index (κ1) is 27.8. The van der Waals surface area contributed by atoms with Gasteiger partial charge in [0.2, 0.25) is 5.91 Å². The number of nitrogens with one attached hydrogen (secondary N) is 1. The Morgan fingerprint density at radius 1 is 1.18 bits per heavy atom. The van der Waals surface area contributed by atoms with Crippen molar-refractivity contribution in [2.24, 2.45) is 40.4 Å². The molecule has 0 aromatic rings. The lowest BCUT2D eigenvalue weighted by Crippen LogP contribution is -2.50. The first-order chi connectivity index (χ1) is 17.9. The molecule has 1 amide bonds. The van der Waals surface area contributed by atoms with Crippen molar-refractivity contribution in [3.8, 4) is 0 Å². The molecule has 9 atom stereocenters. The zero-order chi connectivity index (χ0) is 27.5. The maximum absolute atomic E-state index is 11.9. The summed E-state index contributed by atoms with van der Waals surface area (Å²) in [6, 6.07) is 0. The summed E-state index contributed by atoms with van der Waals surface area (Å²) in [5, 5.41) is 2.96. The summed E-state index contributed by atoms with van der Waals surface area (Å²) in [6.07, 6.45) is 13.1. The number of allylic oxidation sites excluding steroid dienone is 2. The van der Waals surface area contributed by atoms with Gasteiger partial charge in [0.05, 0.1) is 5.76 Å². The molecule has 0 aromatic carbocycles. The molecule has 5 heteroatoms. The molecule has 0 spiro atoms. The van der Waals surface area contributed by atoms with Gasteiger partial charge in [0.25, 0.3) is 0 Å². The number of rotatable bonds is 7. The van der Waals surface area contributed by atoms with Crippen molar-refractivity contribution in [2.75, 3.05) is 6.54 Å². The highest BCUT2D eigenvalue weighted by atomic mass is 16.5. The van der Waals surface area contributed by atoms with Gasteiger partial charge < -0.3 is 14.8 Å². The van der Waals surface area contributed by atoms with E-state index in [9.17, 15) is 9.59 Å². The Balaban J connectivity index is 1.31. The number of fused-ring (bicyclic) bond motifs is 7. The first-order valence-corrected chi connectivity index (χ1v) is 15.4. The van der Waals surface area contributed by atoms with Crippen LogP contribution in [0.5, 0.6) is 0 Å². The summed E-state index contributed by atoms with van der Waals surface area (Å²) in [6.45, 7) is 16.3. The van der Waals surface area contributed by atoms with E-state index in [0.29, 0.717) is 29.6 Å². The molecule has 0 bridgehead atoms. The summed E-state index contributed by atoms with van der Waals surface area (Å²) in [5.74, 6) is 4.30. The maximum atomic E-state index is 11.9. The fourth-order valence-electron chi connectivity index (χ4n) is 9.96. The molecule has 4 aliphatic carbocycles. The highest BCUT2D eigenvalue weighted by Crippen LogP contribution is 2.71. The standard InChI is InChI=1S/C33H51NO4/c1-8-29(36)37-24-13-15-31(5)23(17-24)10-11-25-26(31)14-16-32(6)27(25)18-33(7)30(32)21(3)28(38-33)12-9-20(2)19-34-22(4)35/h10,20,24-27,30H,8-9,11-19H2,1-7H3,(H,34,35)/t20-,24+,25-,26+,27+,30-,31+,32+,33-/m1/s1. The molecule has 0 unspecified atom stereocenters. The molecule has 1 aliphatic heterocycles. The topological polar surface area (TPSA) is 64.6 Å². The number of hydrogen-bond acceptors (Lipinski definition) is 4. The molecule has 1 heterocycles. The van der Waals surface area contributed by atoms with Crippen LogP contribution in [0.4, 0.5) is 0 Å². The van der Waals surface area contributed by atoms with Crippen molar-refractivity contribution in [3.05, 3.63) is 23.0 Å². The van der Waals surface area contributed by atoms with Gasteiger partial charge in [-0.05, 0) is 98.9 Å². The third-order valence-corrected chi connectivity index (χ3v) is 11.8. The molecule has 1 N–H and O–H groups in total. The lowest BCUT2D eigenvalue weighted by molar-refractivity contribution is -0.151. The quantitative estimate of drug-likeness (QED) is 0.284. The molecule has 0 saturated heterocycles. The summed E-state index contributed by atoms with van der Waals surface area (Å²) < 4.78 is 12.7. The van der Waals surface area contributed by atoms with Gasteiger partial charge in [-0.1, -0.05) is 39.3 Å². The monoisotopic (exact) mass is 525 g/mol. The van der Waals surface area contributed by atoms with Crippen LogP contribution >= 0.6 is 0 Å². The normalized spacial score (nSPS) is 42.2. The zero-order valence-electron chi connectivity index (χ0n) is 25.0. The van der Waals surface area contributed by atoms with E-state index in [1.54, 1.807) is 12.5 Å². The van der Waals surface area contributed by atoms with Crippen LogP contribution in [0.3, 0.4) is 0 Å². The van der Waals surface area contributed by atoms with Gasteiger partial charge in [-0.2, -0.15) is 0 Å². The Hall–Kier alpha value is -1.78. The minimum absolute atomic E-state index is 0.0486. The van der Waals surface area contributed by atoms with Crippen molar-refractivity contribution in [1.82, 2.24) is 5.32 Å². The maximum Gasteiger partial charge on any atom is 0.305 e. The van der Waals surface area contributed by atoms with Crippen LogP contribution in [0.15, 0.2) is 23.0 Å². The van der Waals surface area contributed by atoms with E-state index in [4.69, 9.17) is 9.47 Å². The predicted octanol–water partition coefficient (Wildman–Crippen LogP) is 7.11. The Bertz CT molecular complexity index is 1030. The molecule has 5 aliphatic rings. The molecule has 5 nitrogen and oxygen atoms in total. The van der Waals surface area contributed by atoms with Gasteiger partial charge in [0.15, 0.2) is 0 Å². The van der Waals surface area contributed by atoms with Crippen LogP contribution in [-0.2, 0) is 19.1 Å². The Morgan fingerprint density at radius 3 is 2.66 bits per heavy atom. The molecule has 0 radical (unpaired) electrons. The number of hydrogen-bond donors (Lipinski definition) is 1. The SMILES string of the molecule is CCC(=O)O[C@H]1CC[C@@]2(C)C(=CC[C@H]3[C@@H]4C[C@@]5(C)OC(CC[C@@H](C)CNC(C)=O)=C(C)[C@@H]5[C@@]4(C)CC[C@@H]32)C1. The van der Waals surface area contributed by atoms with Gasteiger partial charge >= 0.3 is 5.97 Å². The fraction of sp³-hybridized carbons (Fsp3) is 0.818. The smallest absolute Gasteiger partial charge is 0.305 e. The van der Waals surface area contributed by atoms with Gasteiger partial charge in [-0.3, -0.25) is 9.59 Å². The highest BCUT2D eigenvalue weighted by molar-refractivity contribution is 5.72. The lowest BCUT2D eigenvalue weighted by Gasteiger charge is -2.58. The van der Waals surface area contributed by atoms with Gasteiger partial charge in [-0.25, -0.2) is 0 Å². The number of esters is 1. The summed E-state index contributed by atoms with van der Waals surface area (Å²) in [7, 11) is 0. The van der Waals surface area contributed by atoms with E-state index < -0.39 is 0 Å². The number of carbonyl (C=O) groups is 2. The van der Waals surface area contributed by atoms with Gasteiger partial charge in [0.1, 0.15) is 11.7 Å². The highest BCUT2D eigenvalue weighted by Gasteiger charge is 2.67. The molecule has 5 rings (SSSR count). The van der Waals surface area contributed by atoms with Gasteiger partial charge in [-0.15, -0.1) is 0 Å². The molecule has 3 fully saturated rings. The van der Waals surface area contributed by atoms with E-state index >= 15 is 0 Å². The molecule has 212 valence electrons. The van der Waals surface area contributed by atoms with Crippen molar-refractivity contribution in [2.45, 2.75) is 124 Å². The molecular formula is C33H51NO4. The van der Waals surface area contributed by atoms with Crippen LogP contribution in [-0.4, -0.2) is 30.1 Å². The van der Waals surface area contributed by atoms with E-state index in [1.165, 1.54) is 30.6 Å². The first-order valence-electron chi connectivity index (χ1n) is 15.4. The van der Waals surface area contributed by atoms with Crippen molar-refractivity contribution in [1.29, 1.82) is 0 Å². The van der Waals surface area contributed by atoms with Crippen LogP contribution in [0, 0.1) is 40.4 Å². The van der Waals surface area contributed by atoms with E-state index in [-0.39, 0.29) is 29.0 Å². The van der Waals surface area contributed by atoms with Crippen LogP contribution in [0.2, 0.25) is 0 Å². The number of carbonyl (C=O) groups excluding carboxylic acids is 2. The average Bonchev–Trinajstić information content (AvgIpc) is 3.27. The van der Waals surface area contributed by atoms with Crippen LogP contribution in [0.25, 0.3) is 0 Å². The third-order valence-electron chi connectivity index (χ3n) is 11.8. The minimum Gasteiger partial charge on any atom is -0.491 e. The summed E-state index contributed by atoms with van der Waals surface area (Å²) >= 11 is 0. The van der Waals surface area contributed by atoms with Gasteiger partial charge in [0, 0.05) is 38.6 Å². The Labute approximate surface area is 230 Å². The van der Waals surface area contributed by atoms with E-state index in [2.05, 4.69) is 46.0 Å². The third kappa shape index (κ3) is 4.54. The largest absolute Gasteiger partial charge is 0.491 e. The van der Waals surface area contributed by atoms with E-state index in [0.717, 1.165) is 56.9 Å². The minimum atomic E-state index is -0.0918. The number of ether oxygens (including phenoxy) is 2. The average molecular weight is 526 g/mol. The molecular weight excluding hydrogens is 474 g/mol. The van der Waals surface area contributed by atoms with Crippen molar-refractivity contribution >= 4 is 11.9 Å². The Morgan fingerprint density at radius 2 is 1.95 bits per heavy atom. The van der Waals surface area contributed by atoms with Crippen LogP contribution < -0.4 is 5.32 Å². The second-order valence-electron chi connectivity index (χ2n) is 14.3. The predicted molar refractivity (Wildman–Crippen MR) is 150 cm³/mol. The van der Waals surface area contributed by atoms with Crippen molar-refractivity contribution < 1.29 is 19.1 Å². The van der Waals surface area contributed by atoms with Crippen LogP contribution in [0.1, 0.15) is 113 Å². The summed E-state index contributed by atoms with van der Waals surface area (Å²) in [5.41, 5.74) is 3.51. The fourth-order valence-corrected chi connectivity index (χ4v) is 9.96. The summed E-state index contributed by atoms with van der Waals surface area (Å²) in [4.78, 5) is 23.2. The Kier molecular flexibility index (Phi) is 7.31. The second-order valence-corrected chi connectivity index (χ2v) is 14.3. The molecule has 3 saturated carbocycles. The molecule has 0 aromatic heterocycles. The van der Waals surface area contributed by atoms with Crippen molar-refractivity contribution in [3.63, 3.8) is 0 Å².